The summed E-state index contributed by atoms with van der Waals surface area (Å²) in [7, 11) is 1.57. The number of carbonyl (C=O) groups is 4. The molecular formula is C26H32N4O6. The second kappa shape index (κ2) is 9.93. The van der Waals surface area contributed by atoms with E-state index in [-0.39, 0.29) is 30.1 Å². The Kier molecular flexibility index (Phi) is 6.70. The SMILES string of the molecule is COc1cccc2[nH]c(C(=O)N3C[C@H]4CCC[C@H]4[C@@H]3C(=O)N[C@H](C[C@H]3CCNC3=O)C(=O)CO)cc12. The second-order valence-electron chi connectivity index (χ2n) is 10.1. The molecule has 192 valence electrons. The van der Waals surface area contributed by atoms with E-state index >= 15 is 0 Å². The lowest BCUT2D eigenvalue weighted by Gasteiger charge is -2.29. The number of aromatic amines is 1. The molecule has 2 aromatic rings. The monoisotopic (exact) mass is 496 g/mol. The van der Waals surface area contributed by atoms with E-state index in [9.17, 15) is 24.3 Å². The fourth-order valence-corrected chi connectivity index (χ4v) is 6.22. The molecule has 0 spiro atoms. The minimum absolute atomic E-state index is 0.00696. The minimum Gasteiger partial charge on any atom is -0.496 e. The van der Waals surface area contributed by atoms with Gasteiger partial charge in [-0.25, -0.2) is 0 Å². The summed E-state index contributed by atoms with van der Waals surface area (Å²) < 4.78 is 5.42. The van der Waals surface area contributed by atoms with E-state index in [1.165, 1.54) is 0 Å². The van der Waals surface area contributed by atoms with Crippen LogP contribution < -0.4 is 15.4 Å². The van der Waals surface area contributed by atoms with E-state index in [2.05, 4.69) is 15.6 Å². The molecule has 5 atom stereocenters. The number of rotatable bonds is 8. The average molecular weight is 497 g/mol. The molecule has 10 nitrogen and oxygen atoms in total. The summed E-state index contributed by atoms with van der Waals surface area (Å²) in [6.45, 7) is 0.273. The second-order valence-corrected chi connectivity index (χ2v) is 10.1. The molecule has 10 heteroatoms. The molecule has 3 aliphatic rings. The Hall–Kier alpha value is -3.40. The fourth-order valence-electron chi connectivity index (χ4n) is 6.22. The van der Waals surface area contributed by atoms with Crippen molar-refractivity contribution in [1.29, 1.82) is 0 Å². The molecule has 3 fully saturated rings. The lowest BCUT2D eigenvalue weighted by Crippen LogP contribution is -2.53. The summed E-state index contributed by atoms with van der Waals surface area (Å²) in [6.07, 6.45) is 3.47. The first-order valence-corrected chi connectivity index (χ1v) is 12.6. The van der Waals surface area contributed by atoms with Gasteiger partial charge < -0.3 is 30.4 Å². The van der Waals surface area contributed by atoms with Crippen molar-refractivity contribution in [2.75, 3.05) is 26.8 Å². The van der Waals surface area contributed by atoms with Gasteiger partial charge in [0.1, 0.15) is 24.1 Å². The number of carbonyl (C=O) groups excluding carboxylic acids is 4. The van der Waals surface area contributed by atoms with E-state index in [1.807, 2.05) is 18.2 Å². The van der Waals surface area contributed by atoms with Crippen molar-refractivity contribution in [2.24, 2.45) is 17.8 Å². The van der Waals surface area contributed by atoms with Crippen LogP contribution in [0.3, 0.4) is 0 Å². The van der Waals surface area contributed by atoms with Crippen LogP contribution in [0, 0.1) is 17.8 Å². The van der Waals surface area contributed by atoms with Gasteiger partial charge in [0.15, 0.2) is 5.78 Å². The van der Waals surface area contributed by atoms with E-state index in [0.29, 0.717) is 31.0 Å². The summed E-state index contributed by atoms with van der Waals surface area (Å²) in [6, 6.07) is 5.57. The number of likely N-dealkylation sites (tertiary alicyclic amines) is 1. The van der Waals surface area contributed by atoms with Gasteiger partial charge in [0.25, 0.3) is 5.91 Å². The summed E-state index contributed by atoms with van der Waals surface area (Å²) >= 11 is 0. The predicted molar refractivity (Wildman–Crippen MR) is 130 cm³/mol. The number of Topliss-reactive ketones (excluding diaryl/α,β-unsaturated/α-hetero) is 1. The number of aliphatic hydroxyl groups is 1. The quantitative estimate of drug-likeness (QED) is 0.430. The molecule has 2 saturated heterocycles. The molecule has 1 saturated carbocycles. The van der Waals surface area contributed by atoms with E-state index in [1.54, 1.807) is 18.1 Å². The van der Waals surface area contributed by atoms with Crippen LogP contribution in [0.2, 0.25) is 0 Å². The first-order chi connectivity index (χ1) is 17.4. The summed E-state index contributed by atoms with van der Waals surface area (Å²) in [5.41, 5.74) is 1.14. The molecule has 1 aromatic heterocycles. The number of methoxy groups -OCH3 is 1. The van der Waals surface area contributed by atoms with Gasteiger partial charge in [-0.1, -0.05) is 12.5 Å². The smallest absolute Gasteiger partial charge is 0.271 e. The lowest BCUT2D eigenvalue weighted by atomic mass is 9.92. The van der Waals surface area contributed by atoms with Crippen LogP contribution in [0.25, 0.3) is 10.9 Å². The number of aromatic nitrogens is 1. The topological polar surface area (TPSA) is 141 Å². The zero-order valence-electron chi connectivity index (χ0n) is 20.3. The average Bonchev–Trinajstić information content (AvgIpc) is 3.66. The lowest BCUT2D eigenvalue weighted by molar-refractivity contribution is -0.133. The highest BCUT2D eigenvalue weighted by atomic mass is 16.5. The van der Waals surface area contributed by atoms with Crippen LogP contribution in [0.15, 0.2) is 24.3 Å². The highest BCUT2D eigenvalue weighted by molar-refractivity contribution is 6.02. The number of nitrogens with one attached hydrogen (secondary N) is 3. The number of H-pyrrole nitrogens is 1. The molecule has 0 radical (unpaired) electrons. The van der Waals surface area contributed by atoms with Crippen LogP contribution in [0.4, 0.5) is 0 Å². The normalized spacial score (nSPS) is 26.1. The minimum atomic E-state index is -0.980. The van der Waals surface area contributed by atoms with Gasteiger partial charge in [-0.05, 0) is 55.7 Å². The van der Waals surface area contributed by atoms with Gasteiger partial charge in [0.05, 0.1) is 13.2 Å². The number of ketones is 1. The summed E-state index contributed by atoms with van der Waals surface area (Å²) in [4.78, 5) is 56.6. The zero-order chi connectivity index (χ0) is 25.4. The summed E-state index contributed by atoms with van der Waals surface area (Å²) in [5.74, 6) is -0.889. The first-order valence-electron chi connectivity index (χ1n) is 12.6. The highest BCUT2D eigenvalue weighted by Crippen LogP contribution is 2.43. The molecule has 1 aliphatic carbocycles. The Labute approximate surface area is 208 Å². The third-order valence-electron chi connectivity index (χ3n) is 8.04. The van der Waals surface area contributed by atoms with Gasteiger partial charge in [-0.15, -0.1) is 0 Å². The molecule has 1 aromatic carbocycles. The Bertz CT molecular complexity index is 1190. The Morgan fingerprint density at radius 2 is 2.08 bits per heavy atom. The molecule has 0 bridgehead atoms. The van der Waals surface area contributed by atoms with Crippen LogP contribution in [-0.2, 0) is 14.4 Å². The molecular weight excluding hydrogens is 464 g/mol. The Balaban J connectivity index is 1.39. The molecule has 4 N–H and O–H groups in total. The maximum atomic E-state index is 13.7. The van der Waals surface area contributed by atoms with Gasteiger partial charge in [-0.3, -0.25) is 19.2 Å². The maximum absolute atomic E-state index is 13.7. The number of hydrogen-bond donors (Lipinski definition) is 4. The third-order valence-corrected chi connectivity index (χ3v) is 8.04. The Morgan fingerprint density at radius 1 is 1.25 bits per heavy atom. The number of fused-ring (bicyclic) bond motifs is 2. The molecule has 3 amide bonds. The van der Waals surface area contributed by atoms with Crippen molar-refractivity contribution in [1.82, 2.24) is 20.5 Å². The van der Waals surface area contributed by atoms with Crippen LogP contribution >= 0.6 is 0 Å². The maximum Gasteiger partial charge on any atom is 0.271 e. The van der Waals surface area contributed by atoms with Gasteiger partial charge in [0, 0.05) is 29.9 Å². The number of aliphatic hydroxyl groups excluding tert-OH is 1. The van der Waals surface area contributed by atoms with Crippen molar-refractivity contribution >= 4 is 34.4 Å². The number of hydrogen-bond acceptors (Lipinski definition) is 6. The van der Waals surface area contributed by atoms with Crippen LogP contribution in [0.5, 0.6) is 5.75 Å². The molecule has 3 heterocycles. The summed E-state index contributed by atoms with van der Waals surface area (Å²) in [5, 5.41) is 15.8. The fraction of sp³-hybridized carbons (Fsp3) is 0.538. The van der Waals surface area contributed by atoms with E-state index in [0.717, 1.165) is 30.2 Å². The predicted octanol–water partition coefficient (Wildman–Crippen LogP) is 0.990. The van der Waals surface area contributed by atoms with Gasteiger partial charge in [-0.2, -0.15) is 0 Å². The van der Waals surface area contributed by atoms with E-state index < -0.39 is 36.3 Å². The van der Waals surface area contributed by atoms with Crippen molar-refractivity contribution in [3.8, 4) is 5.75 Å². The molecule has 5 rings (SSSR count). The van der Waals surface area contributed by atoms with Crippen molar-refractivity contribution in [3.63, 3.8) is 0 Å². The van der Waals surface area contributed by atoms with Crippen LogP contribution in [-0.4, -0.2) is 77.4 Å². The van der Waals surface area contributed by atoms with Crippen molar-refractivity contribution in [3.05, 3.63) is 30.0 Å². The standard InChI is InChI=1S/C26H32N4O6/c1-36-22-7-3-6-18-17(22)11-20(28-18)26(35)30-12-15-4-2-5-16(15)23(30)25(34)29-19(21(32)13-31)10-14-8-9-27-24(14)33/h3,6-7,11,14-16,19,23,28,31H,2,4-5,8-10,12-13H2,1H3,(H,27,33)(H,29,34)/t14-,15-,16-,19-,23-/m1/s1. The molecule has 2 aliphatic heterocycles. The third kappa shape index (κ3) is 4.34. The van der Waals surface area contributed by atoms with Crippen molar-refractivity contribution in [2.45, 2.75) is 44.2 Å². The molecule has 36 heavy (non-hydrogen) atoms. The highest BCUT2D eigenvalue weighted by Gasteiger charge is 2.50. The number of ether oxygens (including phenoxy) is 1. The molecule has 0 unspecified atom stereocenters. The van der Waals surface area contributed by atoms with Gasteiger partial charge in [0.2, 0.25) is 11.8 Å². The Morgan fingerprint density at radius 3 is 2.81 bits per heavy atom. The first kappa shape index (κ1) is 24.3. The van der Waals surface area contributed by atoms with E-state index in [4.69, 9.17) is 4.74 Å². The van der Waals surface area contributed by atoms with Crippen LogP contribution in [0.1, 0.15) is 42.6 Å². The number of nitrogens with zero attached hydrogens (tertiary/aromatic N) is 1. The zero-order valence-corrected chi connectivity index (χ0v) is 20.3. The number of amides is 3. The number of benzene rings is 1. The largest absolute Gasteiger partial charge is 0.496 e. The van der Waals surface area contributed by atoms with Gasteiger partial charge >= 0.3 is 0 Å². The van der Waals surface area contributed by atoms with Crippen molar-refractivity contribution < 1.29 is 29.0 Å².